The van der Waals surface area contributed by atoms with Crippen LogP contribution in [0.1, 0.15) is 16.7 Å². The molecule has 3 N–H and O–H groups in total. The predicted octanol–water partition coefficient (Wildman–Crippen LogP) is 3.17. The second-order valence-electron chi connectivity index (χ2n) is 6.59. The van der Waals surface area contributed by atoms with E-state index in [1.54, 1.807) is 18.2 Å². The minimum Gasteiger partial charge on any atom is -0.395 e. The maximum absolute atomic E-state index is 12.6. The van der Waals surface area contributed by atoms with Crippen molar-refractivity contribution < 1.29 is 9.90 Å². The summed E-state index contributed by atoms with van der Waals surface area (Å²) in [4.78, 5) is 29.4. The first-order valence-corrected chi connectivity index (χ1v) is 8.83. The summed E-state index contributed by atoms with van der Waals surface area (Å²) in [5.41, 5.74) is 3.91. The summed E-state index contributed by atoms with van der Waals surface area (Å²) >= 11 is 0. The maximum Gasteiger partial charge on any atom is 0.322 e. The number of aromatic nitrogens is 1. The van der Waals surface area contributed by atoms with Crippen LogP contribution >= 0.6 is 0 Å². The third kappa shape index (κ3) is 4.35. The van der Waals surface area contributed by atoms with Crippen LogP contribution in [0.2, 0.25) is 0 Å². The van der Waals surface area contributed by atoms with Crippen LogP contribution in [0.5, 0.6) is 0 Å². The van der Waals surface area contributed by atoms with Crippen molar-refractivity contribution in [1.29, 1.82) is 0 Å². The molecule has 0 saturated carbocycles. The first kappa shape index (κ1) is 18.7. The largest absolute Gasteiger partial charge is 0.395 e. The number of pyridine rings is 1. The molecule has 0 atom stereocenters. The minimum atomic E-state index is -0.366. The molecule has 2 aromatic carbocycles. The van der Waals surface area contributed by atoms with Crippen LogP contribution in [0.4, 0.5) is 10.5 Å². The lowest BCUT2D eigenvalue weighted by Crippen LogP contribution is -2.38. The molecule has 0 bridgehead atoms. The topological polar surface area (TPSA) is 85.4 Å². The third-order valence-corrected chi connectivity index (χ3v) is 4.58. The van der Waals surface area contributed by atoms with Crippen LogP contribution in [0.15, 0.2) is 53.3 Å². The summed E-state index contributed by atoms with van der Waals surface area (Å²) < 4.78 is 0. The van der Waals surface area contributed by atoms with E-state index >= 15 is 0 Å². The highest BCUT2D eigenvalue weighted by Crippen LogP contribution is 2.18. The van der Waals surface area contributed by atoms with E-state index in [0.29, 0.717) is 11.3 Å². The van der Waals surface area contributed by atoms with E-state index in [0.717, 1.165) is 22.0 Å². The van der Waals surface area contributed by atoms with E-state index in [4.69, 9.17) is 0 Å². The number of fused-ring (bicyclic) bond motifs is 1. The number of benzene rings is 2. The normalized spacial score (nSPS) is 10.8. The molecule has 0 aliphatic carbocycles. The first-order valence-electron chi connectivity index (χ1n) is 8.83. The van der Waals surface area contributed by atoms with Crippen molar-refractivity contribution in [2.45, 2.75) is 20.4 Å². The van der Waals surface area contributed by atoms with Crippen molar-refractivity contribution >= 4 is 22.6 Å². The minimum absolute atomic E-state index is 0.109. The summed E-state index contributed by atoms with van der Waals surface area (Å²) in [5.74, 6) is 0. The molecule has 0 spiro atoms. The van der Waals surface area contributed by atoms with E-state index < -0.39 is 0 Å². The summed E-state index contributed by atoms with van der Waals surface area (Å²) in [6, 6.07) is 14.5. The van der Waals surface area contributed by atoms with E-state index in [1.807, 2.05) is 44.2 Å². The van der Waals surface area contributed by atoms with Gasteiger partial charge in [0, 0.05) is 23.3 Å². The molecule has 6 nitrogen and oxygen atoms in total. The fourth-order valence-electron chi connectivity index (χ4n) is 2.94. The zero-order valence-corrected chi connectivity index (χ0v) is 15.5. The zero-order valence-electron chi connectivity index (χ0n) is 15.5. The van der Waals surface area contributed by atoms with Crippen molar-refractivity contribution in [3.05, 3.63) is 75.6 Å². The van der Waals surface area contributed by atoms with E-state index in [-0.39, 0.29) is 31.3 Å². The highest BCUT2D eigenvalue weighted by Gasteiger charge is 2.16. The fourth-order valence-corrected chi connectivity index (χ4v) is 2.94. The summed E-state index contributed by atoms with van der Waals surface area (Å²) in [7, 11) is 0. The Morgan fingerprint density at radius 2 is 1.81 bits per heavy atom. The van der Waals surface area contributed by atoms with Gasteiger partial charge in [0.2, 0.25) is 0 Å². The van der Waals surface area contributed by atoms with Crippen LogP contribution in [0.3, 0.4) is 0 Å². The Bertz CT molecular complexity index is 1010. The monoisotopic (exact) mass is 365 g/mol. The first-order chi connectivity index (χ1) is 13.0. The standard InChI is InChI=1S/C21H23N3O3/c1-14-10-16-12-17(20(26)23-19(16)11-15(14)2)13-24(8-9-25)21(27)22-18-6-4-3-5-7-18/h3-7,10-12,25H,8-9,13H2,1-2H3,(H,22,27)(H,23,26). The Kier molecular flexibility index (Phi) is 5.57. The van der Waals surface area contributed by atoms with E-state index in [9.17, 15) is 14.7 Å². The number of para-hydroxylation sites is 1. The van der Waals surface area contributed by atoms with Gasteiger partial charge in [-0.1, -0.05) is 18.2 Å². The van der Waals surface area contributed by atoms with Crippen molar-refractivity contribution in [2.24, 2.45) is 0 Å². The molecule has 140 valence electrons. The molecule has 0 aliphatic heterocycles. The number of carbonyl (C=O) groups excluding carboxylic acids is 1. The number of hydrogen-bond donors (Lipinski definition) is 3. The van der Waals surface area contributed by atoms with Gasteiger partial charge >= 0.3 is 6.03 Å². The quantitative estimate of drug-likeness (QED) is 0.649. The van der Waals surface area contributed by atoms with Gasteiger partial charge in [-0.05, 0) is 60.7 Å². The lowest BCUT2D eigenvalue weighted by atomic mass is 10.0. The van der Waals surface area contributed by atoms with Crippen LogP contribution in [0, 0.1) is 13.8 Å². The number of anilines is 1. The predicted molar refractivity (Wildman–Crippen MR) is 107 cm³/mol. The maximum atomic E-state index is 12.6. The number of aromatic amines is 1. The molecule has 3 aromatic rings. The number of amides is 2. The van der Waals surface area contributed by atoms with E-state index in [1.165, 1.54) is 4.90 Å². The third-order valence-electron chi connectivity index (χ3n) is 4.58. The van der Waals surface area contributed by atoms with E-state index in [2.05, 4.69) is 10.3 Å². The van der Waals surface area contributed by atoms with Gasteiger partial charge in [0.25, 0.3) is 5.56 Å². The molecular weight excluding hydrogens is 342 g/mol. The number of nitrogens with one attached hydrogen (secondary N) is 2. The lowest BCUT2D eigenvalue weighted by Gasteiger charge is -2.22. The van der Waals surface area contributed by atoms with Gasteiger partial charge < -0.3 is 20.3 Å². The van der Waals surface area contributed by atoms with Gasteiger partial charge in [-0.3, -0.25) is 4.79 Å². The van der Waals surface area contributed by atoms with Crippen molar-refractivity contribution in [1.82, 2.24) is 9.88 Å². The second kappa shape index (κ2) is 8.05. The number of hydrogen-bond acceptors (Lipinski definition) is 3. The highest BCUT2D eigenvalue weighted by atomic mass is 16.3. The van der Waals surface area contributed by atoms with Crippen molar-refractivity contribution in [2.75, 3.05) is 18.5 Å². The van der Waals surface area contributed by atoms with Gasteiger partial charge in [-0.2, -0.15) is 0 Å². The average molecular weight is 365 g/mol. The number of H-pyrrole nitrogens is 1. The van der Waals surface area contributed by atoms with Gasteiger partial charge in [-0.15, -0.1) is 0 Å². The van der Waals surface area contributed by atoms with Crippen LogP contribution < -0.4 is 10.9 Å². The Balaban J connectivity index is 1.87. The Morgan fingerprint density at radius 1 is 1.11 bits per heavy atom. The van der Waals surface area contributed by atoms with Crippen LogP contribution in [-0.2, 0) is 6.54 Å². The Labute approximate surface area is 157 Å². The smallest absolute Gasteiger partial charge is 0.322 e. The molecule has 0 fully saturated rings. The second-order valence-corrected chi connectivity index (χ2v) is 6.59. The molecule has 0 aliphatic rings. The summed E-state index contributed by atoms with van der Waals surface area (Å²) in [6.07, 6.45) is 0. The number of rotatable bonds is 5. The van der Waals surface area contributed by atoms with Gasteiger partial charge in [-0.25, -0.2) is 4.79 Å². The average Bonchev–Trinajstić information content (AvgIpc) is 2.64. The number of aryl methyl sites for hydroxylation is 2. The Hall–Kier alpha value is -3.12. The van der Waals surface area contributed by atoms with Gasteiger partial charge in [0.05, 0.1) is 13.2 Å². The van der Waals surface area contributed by atoms with Gasteiger partial charge in [0.15, 0.2) is 0 Å². The molecular formula is C21H23N3O3. The molecule has 1 heterocycles. The molecule has 0 radical (unpaired) electrons. The Morgan fingerprint density at radius 3 is 2.52 bits per heavy atom. The number of nitrogens with zero attached hydrogens (tertiary/aromatic N) is 1. The highest BCUT2D eigenvalue weighted by molar-refractivity contribution is 5.89. The molecule has 6 heteroatoms. The summed E-state index contributed by atoms with van der Waals surface area (Å²) in [5, 5.41) is 13.0. The van der Waals surface area contributed by atoms with Crippen molar-refractivity contribution in [3.8, 4) is 0 Å². The SMILES string of the molecule is Cc1cc2cc(CN(CCO)C(=O)Nc3ccccc3)c(=O)[nH]c2cc1C. The number of aliphatic hydroxyl groups excluding tert-OH is 1. The fraction of sp³-hybridized carbons (Fsp3) is 0.238. The molecule has 27 heavy (non-hydrogen) atoms. The number of carbonyl (C=O) groups is 1. The zero-order chi connectivity index (χ0) is 19.4. The molecule has 3 rings (SSSR count). The van der Waals surface area contributed by atoms with Gasteiger partial charge in [0.1, 0.15) is 0 Å². The molecule has 0 unspecified atom stereocenters. The lowest BCUT2D eigenvalue weighted by molar-refractivity contribution is 0.185. The van der Waals surface area contributed by atoms with Crippen LogP contribution in [-0.4, -0.2) is 34.2 Å². The molecule has 0 saturated heterocycles. The number of aliphatic hydroxyl groups is 1. The number of urea groups is 1. The van der Waals surface area contributed by atoms with Crippen molar-refractivity contribution in [3.63, 3.8) is 0 Å². The van der Waals surface area contributed by atoms with Crippen LogP contribution in [0.25, 0.3) is 10.9 Å². The molecule has 2 amide bonds. The summed E-state index contributed by atoms with van der Waals surface area (Å²) in [6.45, 7) is 4.06. The molecule has 1 aromatic heterocycles.